The molecule has 2 nitrogen and oxygen atoms in total. The molecule has 2 aliphatic rings. The summed E-state index contributed by atoms with van der Waals surface area (Å²) in [6.45, 7) is 7.11. The lowest BCUT2D eigenvalue weighted by Crippen LogP contribution is -2.26. The lowest BCUT2D eigenvalue weighted by molar-refractivity contribution is 0.305. The Morgan fingerprint density at radius 3 is 2.61 bits per heavy atom. The second kappa shape index (κ2) is 4.40. The summed E-state index contributed by atoms with van der Waals surface area (Å²) in [6, 6.07) is 0. The summed E-state index contributed by atoms with van der Waals surface area (Å²) in [4.78, 5) is 8.70. The molecule has 1 heterocycles. The molecule has 0 radical (unpaired) electrons. The Morgan fingerprint density at radius 2 is 1.89 bits per heavy atom. The van der Waals surface area contributed by atoms with Crippen LogP contribution in [0.3, 0.4) is 0 Å². The highest BCUT2D eigenvalue weighted by atomic mass is 15.0. The maximum atomic E-state index is 5.01. The van der Waals surface area contributed by atoms with Gasteiger partial charge in [-0.3, -0.25) is 0 Å². The minimum Gasteiger partial charge on any atom is -0.345 e. The number of nitrogens with one attached hydrogen (secondary N) is 1. The number of rotatable bonds is 1. The number of imidazole rings is 1. The van der Waals surface area contributed by atoms with Crippen LogP contribution in [-0.2, 0) is 11.8 Å². The van der Waals surface area contributed by atoms with Crippen molar-refractivity contribution in [2.75, 3.05) is 0 Å². The highest BCUT2D eigenvalue weighted by Crippen LogP contribution is 2.40. The van der Waals surface area contributed by atoms with Gasteiger partial charge in [-0.1, -0.05) is 40.0 Å². The molecule has 2 heteroatoms. The standard InChI is InChI=1S/C16H26N2/c1-11-9-12(2)14-13(10-11)17-15(18-14)16(3)7-5-4-6-8-16/h11-12H,4-10H2,1-3H3,(H,17,18). The third-order valence-electron chi connectivity index (χ3n) is 5.11. The van der Waals surface area contributed by atoms with Crippen LogP contribution in [0, 0.1) is 5.92 Å². The lowest BCUT2D eigenvalue weighted by atomic mass is 9.75. The molecule has 0 saturated heterocycles. The van der Waals surface area contributed by atoms with Crippen molar-refractivity contribution in [1.29, 1.82) is 0 Å². The molecule has 0 aromatic carbocycles. The number of hydrogen-bond donors (Lipinski definition) is 1. The summed E-state index contributed by atoms with van der Waals surface area (Å²) < 4.78 is 0. The van der Waals surface area contributed by atoms with Crippen LogP contribution in [0.4, 0.5) is 0 Å². The molecule has 0 spiro atoms. The first kappa shape index (κ1) is 12.3. The number of aromatic nitrogens is 2. The fourth-order valence-corrected chi connectivity index (χ4v) is 3.99. The van der Waals surface area contributed by atoms with Gasteiger partial charge in [0.2, 0.25) is 0 Å². The SMILES string of the molecule is CC1Cc2[nH]c(C3(C)CCCCC3)nc2C(C)C1. The average Bonchev–Trinajstić information content (AvgIpc) is 2.74. The normalized spacial score (nSPS) is 31.1. The van der Waals surface area contributed by atoms with E-state index >= 15 is 0 Å². The van der Waals surface area contributed by atoms with Gasteiger partial charge >= 0.3 is 0 Å². The molecule has 1 aromatic rings. The lowest BCUT2D eigenvalue weighted by Gasteiger charge is -2.31. The monoisotopic (exact) mass is 246 g/mol. The summed E-state index contributed by atoms with van der Waals surface area (Å²) >= 11 is 0. The molecule has 18 heavy (non-hydrogen) atoms. The molecule has 0 amide bonds. The highest BCUT2D eigenvalue weighted by Gasteiger charge is 2.34. The van der Waals surface area contributed by atoms with Crippen molar-refractivity contribution in [3.05, 3.63) is 17.2 Å². The summed E-state index contributed by atoms with van der Waals surface area (Å²) in [7, 11) is 0. The van der Waals surface area contributed by atoms with E-state index in [2.05, 4.69) is 25.8 Å². The zero-order valence-electron chi connectivity index (χ0n) is 12.1. The minimum atomic E-state index is 0.318. The Kier molecular flexibility index (Phi) is 2.99. The van der Waals surface area contributed by atoms with Crippen molar-refractivity contribution in [3.8, 4) is 0 Å². The molecular formula is C16H26N2. The smallest absolute Gasteiger partial charge is 0.112 e. The summed E-state index contributed by atoms with van der Waals surface area (Å²) in [5, 5.41) is 0. The van der Waals surface area contributed by atoms with E-state index in [0.717, 1.165) is 5.92 Å². The third kappa shape index (κ3) is 2.00. The molecular weight excluding hydrogens is 220 g/mol. The molecule has 1 saturated carbocycles. The summed E-state index contributed by atoms with van der Waals surface area (Å²) in [6.07, 6.45) is 9.26. The molecule has 1 N–H and O–H groups in total. The minimum absolute atomic E-state index is 0.318. The first-order chi connectivity index (χ1) is 8.58. The van der Waals surface area contributed by atoms with E-state index in [9.17, 15) is 0 Å². The van der Waals surface area contributed by atoms with Gasteiger partial charge in [0.15, 0.2) is 0 Å². The number of aromatic amines is 1. The van der Waals surface area contributed by atoms with Crippen molar-refractivity contribution in [3.63, 3.8) is 0 Å². The number of H-pyrrole nitrogens is 1. The summed E-state index contributed by atoms with van der Waals surface area (Å²) in [5.41, 5.74) is 3.12. The van der Waals surface area contributed by atoms with E-state index in [1.807, 2.05) is 0 Å². The van der Waals surface area contributed by atoms with Crippen molar-refractivity contribution in [2.45, 2.75) is 77.0 Å². The van der Waals surface area contributed by atoms with Crippen LogP contribution in [-0.4, -0.2) is 9.97 Å². The quantitative estimate of drug-likeness (QED) is 0.785. The highest BCUT2D eigenvalue weighted by molar-refractivity contribution is 5.25. The topological polar surface area (TPSA) is 28.7 Å². The van der Waals surface area contributed by atoms with Crippen LogP contribution in [0.15, 0.2) is 0 Å². The van der Waals surface area contributed by atoms with E-state index in [0.29, 0.717) is 11.3 Å². The molecule has 100 valence electrons. The van der Waals surface area contributed by atoms with Gasteiger partial charge in [-0.15, -0.1) is 0 Å². The van der Waals surface area contributed by atoms with Crippen LogP contribution in [0.25, 0.3) is 0 Å². The molecule has 0 bridgehead atoms. The largest absolute Gasteiger partial charge is 0.345 e. The van der Waals surface area contributed by atoms with Gasteiger partial charge in [-0.25, -0.2) is 4.98 Å². The predicted molar refractivity (Wildman–Crippen MR) is 74.9 cm³/mol. The van der Waals surface area contributed by atoms with Crippen LogP contribution in [0.2, 0.25) is 0 Å². The number of hydrogen-bond acceptors (Lipinski definition) is 1. The molecule has 1 aromatic heterocycles. The third-order valence-corrected chi connectivity index (χ3v) is 5.11. The van der Waals surface area contributed by atoms with Gasteiger partial charge < -0.3 is 4.98 Å². The van der Waals surface area contributed by atoms with Crippen molar-refractivity contribution in [1.82, 2.24) is 9.97 Å². The predicted octanol–water partition coefficient (Wildman–Crippen LogP) is 4.32. The first-order valence-electron chi connectivity index (χ1n) is 7.68. The number of fused-ring (bicyclic) bond motifs is 1. The average molecular weight is 246 g/mol. The van der Waals surface area contributed by atoms with Gasteiger partial charge in [-0.2, -0.15) is 0 Å². The van der Waals surface area contributed by atoms with Crippen LogP contribution in [0.5, 0.6) is 0 Å². The second-order valence-corrected chi connectivity index (χ2v) is 7.02. The first-order valence-corrected chi connectivity index (χ1v) is 7.68. The van der Waals surface area contributed by atoms with Crippen molar-refractivity contribution < 1.29 is 0 Å². The molecule has 2 aliphatic carbocycles. The van der Waals surface area contributed by atoms with Gasteiger partial charge in [0, 0.05) is 17.0 Å². The van der Waals surface area contributed by atoms with Crippen molar-refractivity contribution in [2.24, 2.45) is 5.92 Å². The van der Waals surface area contributed by atoms with Gasteiger partial charge in [-0.05, 0) is 31.6 Å². The van der Waals surface area contributed by atoms with E-state index < -0.39 is 0 Å². The molecule has 1 fully saturated rings. The van der Waals surface area contributed by atoms with Crippen LogP contribution in [0.1, 0.15) is 82.4 Å². The molecule has 3 rings (SSSR count). The second-order valence-electron chi connectivity index (χ2n) is 7.02. The van der Waals surface area contributed by atoms with Gasteiger partial charge in [0.25, 0.3) is 0 Å². The van der Waals surface area contributed by atoms with Gasteiger partial charge in [0.05, 0.1) is 5.69 Å². The van der Waals surface area contributed by atoms with E-state index in [1.54, 1.807) is 0 Å². The summed E-state index contributed by atoms with van der Waals surface area (Å²) in [5.74, 6) is 2.73. The van der Waals surface area contributed by atoms with E-state index in [4.69, 9.17) is 4.98 Å². The molecule has 0 aliphatic heterocycles. The Hall–Kier alpha value is -0.790. The number of nitrogens with zero attached hydrogens (tertiary/aromatic N) is 1. The van der Waals surface area contributed by atoms with E-state index in [1.165, 1.54) is 62.2 Å². The fraction of sp³-hybridized carbons (Fsp3) is 0.812. The molecule has 2 atom stereocenters. The van der Waals surface area contributed by atoms with Crippen LogP contribution < -0.4 is 0 Å². The Balaban J connectivity index is 1.92. The zero-order chi connectivity index (χ0) is 12.8. The maximum absolute atomic E-state index is 5.01. The Labute approximate surface area is 111 Å². The van der Waals surface area contributed by atoms with Crippen LogP contribution >= 0.6 is 0 Å². The molecule has 2 unspecified atom stereocenters. The fourth-order valence-electron chi connectivity index (χ4n) is 3.99. The van der Waals surface area contributed by atoms with Crippen molar-refractivity contribution >= 4 is 0 Å². The Morgan fingerprint density at radius 1 is 1.17 bits per heavy atom. The maximum Gasteiger partial charge on any atom is 0.112 e. The zero-order valence-corrected chi connectivity index (χ0v) is 12.1. The van der Waals surface area contributed by atoms with E-state index in [-0.39, 0.29) is 0 Å². The Bertz CT molecular complexity index is 426. The van der Waals surface area contributed by atoms with Gasteiger partial charge in [0.1, 0.15) is 5.82 Å².